The number of nitriles is 1. The van der Waals surface area contributed by atoms with Crippen molar-refractivity contribution in [2.45, 2.75) is 29.7 Å². The normalized spacial score (nSPS) is 10.3. The number of benzene rings is 1. The van der Waals surface area contributed by atoms with Gasteiger partial charge in [0.15, 0.2) is 0 Å². The summed E-state index contributed by atoms with van der Waals surface area (Å²) in [6, 6.07) is 14.1. The van der Waals surface area contributed by atoms with Crippen LogP contribution < -0.4 is 0 Å². The molecule has 3 heteroatoms. The monoisotopic (exact) mass is 254 g/mol. The fourth-order valence-electron chi connectivity index (χ4n) is 1.59. The molecule has 0 aliphatic rings. The van der Waals surface area contributed by atoms with Gasteiger partial charge in [0.2, 0.25) is 0 Å². The predicted octanol–water partition coefficient (Wildman–Crippen LogP) is 4.23. The molecule has 18 heavy (non-hydrogen) atoms. The van der Waals surface area contributed by atoms with Crippen LogP contribution in [0.15, 0.2) is 52.5 Å². The van der Waals surface area contributed by atoms with Crippen LogP contribution in [0.1, 0.15) is 30.9 Å². The summed E-state index contributed by atoms with van der Waals surface area (Å²) in [5, 5.41) is 9.77. The number of hydrogen-bond acceptors (Lipinski definition) is 3. The molecule has 0 aliphatic carbocycles. The van der Waals surface area contributed by atoms with Crippen molar-refractivity contribution >= 4 is 11.8 Å². The average Bonchev–Trinajstić information content (AvgIpc) is 2.40. The van der Waals surface area contributed by atoms with Gasteiger partial charge in [0, 0.05) is 11.1 Å². The van der Waals surface area contributed by atoms with E-state index in [2.05, 4.69) is 49.2 Å². The second-order valence-electron chi connectivity index (χ2n) is 4.29. The molecular weight excluding hydrogens is 240 g/mol. The smallest absolute Gasteiger partial charge is 0.119 e. The maximum absolute atomic E-state index is 9.01. The molecule has 0 spiro atoms. The van der Waals surface area contributed by atoms with Gasteiger partial charge in [-0.25, -0.2) is 4.98 Å². The third-order valence-electron chi connectivity index (χ3n) is 2.65. The lowest BCUT2D eigenvalue weighted by molar-refractivity contribution is 0.865. The van der Waals surface area contributed by atoms with E-state index in [9.17, 15) is 0 Å². The van der Waals surface area contributed by atoms with Crippen LogP contribution in [0.2, 0.25) is 0 Å². The van der Waals surface area contributed by atoms with Crippen LogP contribution in [0.4, 0.5) is 0 Å². The summed E-state index contributed by atoms with van der Waals surface area (Å²) in [6.07, 6.45) is 1.71. The molecule has 0 unspecified atom stereocenters. The largest absolute Gasteiger partial charge is 0.248 e. The Morgan fingerprint density at radius 3 is 2.50 bits per heavy atom. The molecular formula is C15H14N2S. The number of pyridine rings is 1. The molecule has 1 aromatic heterocycles. The van der Waals surface area contributed by atoms with Gasteiger partial charge in [0.25, 0.3) is 0 Å². The Morgan fingerprint density at radius 1 is 1.17 bits per heavy atom. The van der Waals surface area contributed by atoms with Crippen molar-refractivity contribution in [1.82, 2.24) is 4.98 Å². The number of nitrogens with zero attached hydrogens (tertiary/aromatic N) is 2. The average molecular weight is 254 g/mol. The lowest BCUT2D eigenvalue weighted by atomic mass is 10.0. The minimum absolute atomic E-state index is 0.536. The number of hydrogen-bond donors (Lipinski definition) is 0. The van der Waals surface area contributed by atoms with Gasteiger partial charge in [0.1, 0.15) is 11.1 Å². The molecule has 2 rings (SSSR count). The fourth-order valence-corrected chi connectivity index (χ4v) is 2.42. The van der Waals surface area contributed by atoms with Crippen LogP contribution in [0.25, 0.3) is 0 Å². The molecule has 0 saturated carbocycles. The Balaban J connectivity index is 2.22. The topological polar surface area (TPSA) is 36.7 Å². The van der Waals surface area contributed by atoms with Crippen molar-refractivity contribution in [2.24, 2.45) is 0 Å². The van der Waals surface area contributed by atoms with E-state index in [1.165, 1.54) is 17.3 Å². The minimum atomic E-state index is 0.536. The van der Waals surface area contributed by atoms with Crippen molar-refractivity contribution < 1.29 is 0 Å². The lowest BCUT2D eigenvalue weighted by Crippen LogP contribution is -1.87. The van der Waals surface area contributed by atoms with Crippen molar-refractivity contribution in [1.29, 1.82) is 5.26 Å². The lowest BCUT2D eigenvalue weighted by Gasteiger charge is -2.06. The van der Waals surface area contributed by atoms with Gasteiger partial charge in [-0.1, -0.05) is 37.7 Å². The first-order valence-electron chi connectivity index (χ1n) is 5.83. The molecule has 0 atom stereocenters. The van der Waals surface area contributed by atoms with Gasteiger partial charge in [-0.05, 0) is 35.7 Å². The van der Waals surface area contributed by atoms with Crippen molar-refractivity contribution in [3.8, 4) is 6.07 Å². The molecule has 90 valence electrons. The first-order valence-corrected chi connectivity index (χ1v) is 6.65. The SMILES string of the molecule is CC(C)c1ccc(Sc2ncccc2C#N)cc1. The Morgan fingerprint density at radius 2 is 1.89 bits per heavy atom. The first-order chi connectivity index (χ1) is 8.70. The molecule has 0 fully saturated rings. The quantitative estimate of drug-likeness (QED) is 0.822. The molecule has 0 saturated heterocycles. The molecule has 2 aromatic rings. The van der Waals surface area contributed by atoms with Crippen LogP contribution >= 0.6 is 11.8 Å². The molecule has 0 N–H and O–H groups in total. The van der Waals surface area contributed by atoms with Crippen LogP contribution in [0.5, 0.6) is 0 Å². The summed E-state index contributed by atoms with van der Waals surface area (Å²) in [6.45, 7) is 4.35. The van der Waals surface area contributed by atoms with Gasteiger partial charge < -0.3 is 0 Å². The van der Waals surface area contributed by atoms with E-state index in [0.29, 0.717) is 11.5 Å². The predicted molar refractivity (Wildman–Crippen MR) is 73.6 cm³/mol. The van der Waals surface area contributed by atoms with Crippen molar-refractivity contribution in [2.75, 3.05) is 0 Å². The highest BCUT2D eigenvalue weighted by Crippen LogP contribution is 2.29. The molecule has 0 bridgehead atoms. The molecule has 0 amide bonds. The second kappa shape index (κ2) is 5.70. The van der Waals surface area contributed by atoms with Crippen LogP contribution in [0.3, 0.4) is 0 Å². The van der Waals surface area contributed by atoms with Gasteiger partial charge in [-0.15, -0.1) is 0 Å². The van der Waals surface area contributed by atoms with E-state index < -0.39 is 0 Å². The van der Waals surface area contributed by atoms with Gasteiger partial charge >= 0.3 is 0 Å². The van der Waals surface area contributed by atoms with Crippen LogP contribution in [-0.4, -0.2) is 4.98 Å². The first kappa shape index (κ1) is 12.7. The van der Waals surface area contributed by atoms with E-state index in [-0.39, 0.29) is 0 Å². The maximum atomic E-state index is 9.01. The molecule has 1 heterocycles. The highest BCUT2D eigenvalue weighted by atomic mass is 32.2. The van der Waals surface area contributed by atoms with E-state index in [4.69, 9.17) is 5.26 Å². The number of aromatic nitrogens is 1. The standard InChI is InChI=1S/C15H14N2S/c1-11(2)12-5-7-14(8-6-12)18-15-13(10-16)4-3-9-17-15/h3-9,11H,1-2H3. The zero-order chi connectivity index (χ0) is 13.0. The van der Waals surface area contributed by atoms with Gasteiger partial charge in [-0.2, -0.15) is 5.26 Å². The highest BCUT2D eigenvalue weighted by molar-refractivity contribution is 7.99. The molecule has 0 aliphatic heterocycles. The Bertz CT molecular complexity index is 568. The Hall–Kier alpha value is -1.79. The van der Waals surface area contributed by atoms with E-state index in [1.807, 2.05) is 0 Å². The maximum Gasteiger partial charge on any atom is 0.119 e. The van der Waals surface area contributed by atoms with E-state index >= 15 is 0 Å². The highest BCUT2D eigenvalue weighted by Gasteiger charge is 2.05. The second-order valence-corrected chi connectivity index (χ2v) is 5.36. The summed E-state index contributed by atoms with van der Waals surface area (Å²) in [5.41, 5.74) is 1.94. The fraction of sp³-hybridized carbons (Fsp3) is 0.200. The van der Waals surface area contributed by atoms with Crippen molar-refractivity contribution in [3.05, 3.63) is 53.7 Å². The van der Waals surface area contributed by atoms with E-state index in [0.717, 1.165) is 9.92 Å². The zero-order valence-electron chi connectivity index (χ0n) is 10.4. The Labute approximate surface area is 112 Å². The number of rotatable bonds is 3. The molecule has 2 nitrogen and oxygen atoms in total. The third-order valence-corrected chi connectivity index (χ3v) is 3.68. The minimum Gasteiger partial charge on any atom is -0.248 e. The molecule has 1 aromatic carbocycles. The van der Waals surface area contributed by atoms with Crippen LogP contribution in [0, 0.1) is 11.3 Å². The van der Waals surface area contributed by atoms with Gasteiger partial charge in [0.05, 0.1) is 5.56 Å². The summed E-state index contributed by atoms with van der Waals surface area (Å²) < 4.78 is 0. The molecule has 0 radical (unpaired) electrons. The van der Waals surface area contributed by atoms with Crippen LogP contribution in [-0.2, 0) is 0 Å². The van der Waals surface area contributed by atoms with Gasteiger partial charge in [-0.3, -0.25) is 0 Å². The Kier molecular flexibility index (Phi) is 4.01. The summed E-state index contributed by atoms with van der Waals surface area (Å²) >= 11 is 1.53. The third kappa shape index (κ3) is 2.91. The summed E-state index contributed by atoms with van der Waals surface area (Å²) in [4.78, 5) is 5.35. The zero-order valence-corrected chi connectivity index (χ0v) is 11.2. The van der Waals surface area contributed by atoms with E-state index in [1.54, 1.807) is 18.3 Å². The summed E-state index contributed by atoms with van der Waals surface area (Å²) in [7, 11) is 0. The summed E-state index contributed by atoms with van der Waals surface area (Å²) in [5.74, 6) is 0.536. The van der Waals surface area contributed by atoms with Crippen molar-refractivity contribution in [3.63, 3.8) is 0 Å².